The average molecular weight is 276 g/mol. The number of hydrogen-bond acceptors (Lipinski definition) is 4. The van der Waals surface area contributed by atoms with Gasteiger partial charge in [0.25, 0.3) is 0 Å². The van der Waals surface area contributed by atoms with E-state index in [1.807, 2.05) is 0 Å². The summed E-state index contributed by atoms with van der Waals surface area (Å²) in [6, 6.07) is 8.61. The standard InChI is InChI=1S/C14H9FO5/c15-9-2-1-3-11(13(9)14(16)17)20-8-4-5-10-12(6-8)19-7-18-10/h1-6H,7H2,(H,16,17). The molecule has 0 spiro atoms. The number of hydrogen-bond donors (Lipinski definition) is 1. The lowest BCUT2D eigenvalue weighted by Gasteiger charge is -2.09. The van der Waals surface area contributed by atoms with Crippen LogP contribution in [0.4, 0.5) is 4.39 Å². The molecular formula is C14H9FO5. The van der Waals surface area contributed by atoms with Crippen LogP contribution in [0.3, 0.4) is 0 Å². The van der Waals surface area contributed by atoms with E-state index < -0.39 is 17.3 Å². The number of benzene rings is 2. The summed E-state index contributed by atoms with van der Waals surface area (Å²) in [6.07, 6.45) is 0. The third kappa shape index (κ3) is 2.11. The lowest BCUT2D eigenvalue weighted by Crippen LogP contribution is -2.03. The Hall–Kier alpha value is -2.76. The number of carboxylic acids is 1. The van der Waals surface area contributed by atoms with Crippen molar-refractivity contribution in [2.75, 3.05) is 6.79 Å². The molecule has 0 atom stereocenters. The molecule has 0 saturated heterocycles. The van der Waals surface area contributed by atoms with Crippen LogP contribution in [0.5, 0.6) is 23.0 Å². The van der Waals surface area contributed by atoms with Gasteiger partial charge in [0.1, 0.15) is 22.9 Å². The second-order valence-corrected chi connectivity index (χ2v) is 4.04. The molecule has 6 heteroatoms. The number of fused-ring (bicyclic) bond motifs is 1. The highest BCUT2D eigenvalue weighted by Gasteiger charge is 2.19. The quantitative estimate of drug-likeness (QED) is 0.933. The first kappa shape index (κ1) is 12.3. The number of carbonyl (C=O) groups is 1. The molecule has 0 amide bonds. The maximum Gasteiger partial charge on any atom is 0.342 e. The molecule has 0 saturated carbocycles. The first-order valence-electron chi connectivity index (χ1n) is 5.74. The minimum atomic E-state index is -1.39. The zero-order chi connectivity index (χ0) is 14.1. The molecule has 0 aliphatic carbocycles. The molecule has 2 aromatic rings. The van der Waals surface area contributed by atoms with Crippen molar-refractivity contribution in [2.45, 2.75) is 0 Å². The molecule has 1 aliphatic rings. The second-order valence-electron chi connectivity index (χ2n) is 4.04. The first-order chi connectivity index (χ1) is 9.65. The maximum absolute atomic E-state index is 13.5. The highest BCUT2D eigenvalue weighted by Crippen LogP contribution is 2.37. The molecule has 1 N–H and O–H groups in total. The molecule has 1 heterocycles. The van der Waals surface area contributed by atoms with E-state index in [0.29, 0.717) is 17.2 Å². The van der Waals surface area contributed by atoms with E-state index in [2.05, 4.69) is 0 Å². The summed E-state index contributed by atoms with van der Waals surface area (Å²) in [4.78, 5) is 11.1. The van der Waals surface area contributed by atoms with Crippen molar-refractivity contribution >= 4 is 5.97 Å². The van der Waals surface area contributed by atoms with E-state index in [4.69, 9.17) is 19.3 Å². The van der Waals surface area contributed by atoms with Gasteiger partial charge >= 0.3 is 5.97 Å². The average Bonchev–Trinajstić information content (AvgIpc) is 2.85. The Morgan fingerprint density at radius 2 is 2.00 bits per heavy atom. The number of halogens is 1. The Kier molecular flexibility index (Phi) is 2.90. The fourth-order valence-corrected chi connectivity index (χ4v) is 1.86. The van der Waals surface area contributed by atoms with Gasteiger partial charge in [0.05, 0.1) is 0 Å². The second kappa shape index (κ2) is 4.73. The smallest absolute Gasteiger partial charge is 0.342 e. The van der Waals surface area contributed by atoms with Gasteiger partial charge in [-0.05, 0) is 24.3 Å². The summed E-state index contributed by atoms with van der Waals surface area (Å²) in [6.45, 7) is 0.124. The predicted octanol–water partition coefficient (Wildman–Crippen LogP) is 3.04. The van der Waals surface area contributed by atoms with Crippen molar-refractivity contribution in [3.05, 3.63) is 47.8 Å². The van der Waals surface area contributed by atoms with Crippen LogP contribution in [0, 0.1) is 5.82 Å². The molecule has 0 unspecified atom stereocenters. The molecule has 0 radical (unpaired) electrons. The van der Waals surface area contributed by atoms with Gasteiger partial charge in [-0.15, -0.1) is 0 Å². The lowest BCUT2D eigenvalue weighted by atomic mass is 10.2. The first-order valence-corrected chi connectivity index (χ1v) is 5.74. The van der Waals surface area contributed by atoms with Crippen molar-refractivity contribution in [1.29, 1.82) is 0 Å². The molecule has 0 fully saturated rings. The van der Waals surface area contributed by atoms with Crippen LogP contribution >= 0.6 is 0 Å². The van der Waals surface area contributed by atoms with E-state index in [1.54, 1.807) is 18.2 Å². The van der Waals surface area contributed by atoms with E-state index in [0.717, 1.165) is 6.07 Å². The van der Waals surface area contributed by atoms with E-state index in [9.17, 15) is 9.18 Å². The van der Waals surface area contributed by atoms with Gasteiger partial charge in [0, 0.05) is 6.07 Å². The molecule has 0 bridgehead atoms. The highest BCUT2D eigenvalue weighted by atomic mass is 19.1. The Labute approximate surface area is 113 Å². The Balaban J connectivity index is 1.95. The van der Waals surface area contributed by atoms with Gasteiger partial charge in [-0.25, -0.2) is 9.18 Å². The van der Waals surface area contributed by atoms with Crippen LogP contribution in [0.15, 0.2) is 36.4 Å². The van der Waals surface area contributed by atoms with Gasteiger partial charge in [-0.1, -0.05) is 6.07 Å². The van der Waals surface area contributed by atoms with Crippen LogP contribution in [0.25, 0.3) is 0 Å². The zero-order valence-electron chi connectivity index (χ0n) is 10.1. The maximum atomic E-state index is 13.5. The number of rotatable bonds is 3. The zero-order valence-corrected chi connectivity index (χ0v) is 10.1. The van der Waals surface area contributed by atoms with Gasteiger partial charge in [-0.3, -0.25) is 0 Å². The number of aromatic carboxylic acids is 1. The fourth-order valence-electron chi connectivity index (χ4n) is 1.86. The fraction of sp³-hybridized carbons (Fsp3) is 0.0714. The normalized spacial score (nSPS) is 12.2. The minimum absolute atomic E-state index is 0.0728. The molecular weight excluding hydrogens is 267 g/mol. The van der Waals surface area contributed by atoms with Crippen molar-refractivity contribution < 1.29 is 28.5 Å². The number of carboxylic acid groups (broad SMARTS) is 1. The summed E-state index contributed by atoms with van der Waals surface area (Å²) in [5.41, 5.74) is -0.509. The largest absolute Gasteiger partial charge is 0.477 e. The summed E-state index contributed by atoms with van der Waals surface area (Å²) in [5.74, 6) is -0.904. The third-order valence-electron chi connectivity index (χ3n) is 2.76. The monoisotopic (exact) mass is 276 g/mol. The summed E-state index contributed by atoms with van der Waals surface area (Å²) in [5, 5.41) is 9.01. The van der Waals surface area contributed by atoms with Crippen molar-refractivity contribution in [1.82, 2.24) is 0 Å². The highest BCUT2D eigenvalue weighted by molar-refractivity contribution is 5.91. The Morgan fingerprint density at radius 1 is 1.20 bits per heavy atom. The van der Waals surface area contributed by atoms with Crippen molar-refractivity contribution in [3.8, 4) is 23.0 Å². The van der Waals surface area contributed by atoms with Gasteiger partial charge < -0.3 is 19.3 Å². The summed E-state index contributed by atoms with van der Waals surface area (Å²) in [7, 11) is 0. The van der Waals surface area contributed by atoms with Gasteiger partial charge in [0.15, 0.2) is 11.5 Å². The van der Waals surface area contributed by atoms with Crippen LogP contribution in [-0.2, 0) is 0 Å². The Morgan fingerprint density at radius 3 is 2.80 bits per heavy atom. The van der Waals surface area contributed by atoms with Gasteiger partial charge in [0.2, 0.25) is 6.79 Å². The van der Waals surface area contributed by atoms with E-state index in [-0.39, 0.29) is 12.5 Å². The van der Waals surface area contributed by atoms with Crippen LogP contribution in [0.2, 0.25) is 0 Å². The summed E-state index contributed by atoms with van der Waals surface area (Å²) >= 11 is 0. The van der Waals surface area contributed by atoms with Gasteiger partial charge in [-0.2, -0.15) is 0 Å². The molecule has 0 aromatic heterocycles. The molecule has 2 aromatic carbocycles. The van der Waals surface area contributed by atoms with Crippen LogP contribution < -0.4 is 14.2 Å². The molecule has 1 aliphatic heterocycles. The van der Waals surface area contributed by atoms with E-state index in [1.165, 1.54) is 12.1 Å². The molecule has 5 nitrogen and oxygen atoms in total. The SMILES string of the molecule is O=C(O)c1c(F)cccc1Oc1ccc2c(c1)OCO2. The van der Waals surface area contributed by atoms with Crippen molar-refractivity contribution in [3.63, 3.8) is 0 Å². The molecule has 102 valence electrons. The number of ether oxygens (including phenoxy) is 3. The predicted molar refractivity (Wildman–Crippen MR) is 66.0 cm³/mol. The summed E-state index contributed by atoms with van der Waals surface area (Å²) < 4.78 is 29.3. The lowest BCUT2D eigenvalue weighted by molar-refractivity contribution is 0.0689. The minimum Gasteiger partial charge on any atom is -0.477 e. The Bertz CT molecular complexity index is 683. The van der Waals surface area contributed by atoms with Crippen LogP contribution in [-0.4, -0.2) is 17.9 Å². The molecule has 20 heavy (non-hydrogen) atoms. The third-order valence-corrected chi connectivity index (χ3v) is 2.76. The molecule has 3 rings (SSSR count). The van der Waals surface area contributed by atoms with Crippen LogP contribution in [0.1, 0.15) is 10.4 Å². The van der Waals surface area contributed by atoms with E-state index >= 15 is 0 Å². The topological polar surface area (TPSA) is 65.0 Å². The van der Waals surface area contributed by atoms with Crippen molar-refractivity contribution in [2.24, 2.45) is 0 Å².